The number of Topliss-reactive ketones (excluding diaryl/α,β-unsaturated/α-hetero) is 1. The molecular weight excluding hydrogens is 282 g/mol. The molecule has 0 spiro atoms. The Labute approximate surface area is 128 Å². The van der Waals surface area contributed by atoms with Crippen LogP contribution in [0.4, 0.5) is 0 Å². The van der Waals surface area contributed by atoms with Crippen LogP contribution in [0, 0.1) is 0 Å². The molecule has 1 N–H and O–H groups in total. The first-order chi connectivity index (χ1) is 10.7. The minimum Gasteiger partial charge on any atom is -0.408 e. The highest BCUT2D eigenvalue weighted by Gasteiger charge is 2.14. The van der Waals surface area contributed by atoms with Crippen molar-refractivity contribution in [3.8, 4) is 0 Å². The summed E-state index contributed by atoms with van der Waals surface area (Å²) in [5, 5.41) is 3.30. The van der Waals surface area contributed by atoms with Gasteiger partial charge in [-0.3, -0.25) is 9.36 Å². The number of nitrogens with one attached hydrogen (secondary N) is 1. The summed E-state index contributed by atoms with van der Waals surface area (Å²) in [6.45, 7) is 7.16. The van der Waals surface area contributed by atoms with E-state index in [9.17, 15) is 9.59 Å². The fourth-order valence-electron chi connectivity index (χ4n) is 2.88. The number of ketones is 1. The number of aromatic nitrogens is 1. The minimum absolute atomic E-state index is 0.0901. The van der Waals surface area contributed by atoms with E-state index in [1.54, 1.807) is 22.8 Å². The SMILES string of the molecule is CCn1c(=O)oc2cc(C(=O)CCN3CCNCC3)ccc21. The molecule has 1 fully saturated rings. The molecule has 0 saturated carbocycles. The fourth-order valence-corrected chi connectivity index (χ4v) is 2.88. The van der Waals surface area contributed by atoms with Gasteiger partial charge in [-0.1, -0.05) is 0 Å². The first-order valence-corrected chi connectivity index (χ1v) is 7.78. The largest absolute Gasteiger partial charge is 0.419 e. The molecule has 0 bridgehead atoms. The van der Waals surface area contributed by atoms with Gasteiger partial charge in [-0.2, -0.15) is 0 Å². The van der Waals surface area contributed by atoms with Crippen LogP contribution in [0.15, 0.2) is 27.4 Å². The van der Waals surface area contributed by atoms with Gasteiger partial charge in [0.2, 0.25) is 0 Å². The summed E-state index contributed by atoms with van der Waals surface area (Å²) >= 11 is 0. The lowest BCUT2D eigenvalue weighted by atomic mass is 10.1. The topological polar surface area (TPSA) is 67.5 Å². The fraction of sp³-hybridized carbons (Fsp3) is 0.500. The standard InChI is InChI=1S/C16H21N3O3/c1-2-19-13-4-3-12(11-15(13)22-16(19)21)14(20)5-8-18-9-6-17-7-10-18/h3-4,11,17H,2,5-10H2,1H3. The molecule has 1 saturated heterocycles. The number of carbonyl (C=O) groups excluding carboxylic acids is 1. The molecule has 118 valence electrons. The van der Waals surface area contributed by atoms with E-state index in [4.69, 9.17) is 4.42 Å². The molecule has 6 nitrogen and oxygen atoms in total. The third-order valence-electron chi connectivity index (χ3n) is 4.17. The van der Waals surface area contributed by atoms with Gasteiger partial charge >= 0.3 is 5.76 Å². The highest BCUT2D eigenvalue weighted by molar-refractivity contribution is 5.98. The van der Waals surface area contributed by atoms with E-state index in [0.29, 0.717) is 24.1 Å². The lowest BCUT2D eigenvalue weighted by Crippen LogP contribution is -2.44. The summed E-state index contributed by atoms with van der Waals surface area (Å²) in [6.07, 6.45) is 0.490. The van der Waals surface area contributed by atoms with Crippen LogP contribution in [0.3, 0.4) is 0 Å². The molecule has 6 heteroatoms. The molecular formula is C16H21N3O3. The van der Waals surface area contributed by atoms with Crippen LogP contribution in [-0.4, -0.2) is 48.0 Å². The van der Waals surface area contributed by atoms with Gasteiger partial charge in [0.15, 0.2) is 11.4 Å². The summed E-state index contributed by atoms with van der Waals surface area (Å²) in [7, 11) is 0. The summed E-state index contributed by atoms with van der Waals surface area (Å²) in [4.78, 5) is 26.3. The summed E-state index contributed by atoms with van der Waals surface area (Å²) in [5.41, 5.74) is 1.84. The average molecular weight is 303 g/mol. The summed E-state index contributed by atoms with van der Waals surface area (Å²) in [5.74, 6) is -0.282. The minimum atomic E-state index is -0.372. The Balaban J connectivity index is 1.72. The van der Waals surface area contributed by atoms with Crippen LogP contribution in [0.2, 0.25) is 0 Å². The van der Waals surface area contributed by atoms with Gasteiger partial charge in [0.25, 0.3) is 0 Å². The molecule has 0 unspecified atom stereocenters. The summed E-state index contributed by atoms with van der Waals surface area (Å²) in [6, 6.07) is 5.26. The Morgan fingerprint density at radius 2 is 2.09 bits per heavy atom. The van der Waals surface area contributed by atoms with E-state index in [0.717, 1.165) is 38.2 Å². The molecule has 0 radical (unpaired) electrons. The number of nitrogens with zero attached hydrogens (tertiary/aromatic N) is 2. The van der Waals surface area contributed by atoms with Crippen molar-refractivity contribution >= 4 is 16.9 Å². The van der Waals surface area contributed by atoms with E-state index >= 15 is 0 Å². The maximum atomic E-state index is 12.3. The van der Waals surface area contributed by atoms with Crippen molar-refractivity contribution in [2.24, 2.45) is 0 Å². The first-order valence-electron chi connectivity index (χ1n) is 7.78. The zero-order valence-electron chi connectivity index (χ0n) is 12.8. The zero-order chi connectivity index (χ0) is 15.5. The lowest BCUT2D eigenvalue weighted by Gasteiger charge is -2.26. The highest BCUT2D eigenvalue weighted by atomic mass is 16.4. The highest BCUT2D eigenvalue weighted by Crippen LogP contribution is 2.16. The maximum Gasteiger partial charge on any atom is 0.419 e. The van der Waals surface area contributed by atoms with Crippen molar-refractivity contribution in [3.05, 3.63) is 34.3 Å². The molecule has 3 rings (SSSR count). The number of piperazine rings is 1. The van der Waals surface area contributed by atoms with Gasteiger partial charge in [0, 0.05) is 51.3 Å². The monoisotopic (exact) mass is 303 g/mol. The zero-order valence-corrected chi connectivity index (χ0v) is 12.8. The Bertz CT molecular complexity index is 726. The molecule has 0 atom stereocenters. The van der Waals surface area contributed by atoms with Crippen molar-refractivity contribution in [2.45, 2.75) is 19.9 Å². The Hall–Kier alpha value is -1.92. The third-order valence-corrected chi connectivity index (χ3v) is 4.17. The number of rotatable bonds is 5. The quantitative estimate of drug-likeness (QED) is 0.838. The van der Waals surface area contributed by atoms with Gasteiger partial charge in [0.05, 0.1) is 5.52 Å². The van der Waals surface area contributed by atoms with Crippen LogP contribution in [0.25, 0.3) is 11.1 Å². The smallest absolute Gasteiger partial charge is 0.408 e. The number of hydrogen-bond acceptors (Lipinski definition) is 5. The molecule has 0 aliphatic carbocycles. The van der Waals surface area contributed by atoms with Crippen molar-refractivity contribution < 1.29 is 9.21 Å². The Morgan fingerprint density at radius 1 is 1.32 bits per heavy atom. The molecule has 1 aromatic heterocycles. The Kier molecular flexibility index (Phi) is 4.40. The predicted molar refractivity (Wildman–Crippen MR) is 84.4 cm³/mol. The normalized spacial score (nSPS) is 16.2. The van der Waals surface area contributed by atoms with Crippen LogP contribution in [-0.2, 0) is 6.54 Å². The van der Waals surface area contributed by atoms with Gasteiger partial charge in [-0.25, -0.2) is 4.79 Å². The second kappa shape index (κ2) is 6.46. The number of oxazole rings is 1. The molecule has 1 aliphatic rings. The number of benzene rings is 1. The van der Waals surface area contributed by atoms with E-state index in [-0.39, 0.29) is 11.5 Å². The molecule has 1 aliphatic heterocycles. The Morgan fingerprint density at radius 3 is 2.82 bits per heavy atom. The van der Waals surface area contributed by atoms with Crippen LogP contribution >= 0.6 is 0 Å². The summed E-state index contributed by atoms with van der Waals surface area (Å²) < 4.78 is 6.77. The van der Waals surface area contributed by atoms with Gasteiger partial charge in [-0.05, 0) is 25.1 Å². The van der Waals surface area contributed by atoms with E-state index < -0.39 is 0 Å². The second-order valence-corrected chi connectivity index (χ2v) is 5.56. The van der Waals surface area contributed by atoms with Gasteiger partial charge in [-0.15, -0.1) is 0 Å². The number of aryl methyl sites for hydroxylation is 1. The molecule has 2 aromatic rings. The van der Waals surface area contributed by atoms with Crippen molar-refractivity contribution in [2.75, 3.05) is 32.7 Å². The first kappa shape index (κ1) is 15.0. The molecule has 0 amide bonds. The molecule has 1 aromatic carbocycles. The van der Waals surface area contributed by atoms with Crippen molar-refractivity contribution in [1.29, 1.82) is 0 Å². The van der Waals surface area contributed by atoms with Gasteiger partial charge < -0.3 is 14.6 Å². The number of fused-ring (bicyclic) bond motifs is 1. The molecule has 2 heterocycles. The maximum absolute atomic E-state index is 12.3. The van der Waals surface area contributed by atoms with Crippen LogP contribution in [0.1, 0.15) is 23.7 Å². The van der Waals surface area contributed by atoms with Gasteiger partial charge in [0.1, 0.15) is 0 Å². The predicted octanol–water partition coefficient (Wildman–Crippen LogP) is 1.09. The lowest BCUT2D eigenvalue weighted by molar-refractivity contribution is 0.0960. The van der Waals surface area contributed by atoms with Crippen LogP contribution in [0.5, 0.6) is 0 Å². The number of hydrogen-bond donors (Lipinski definition) is 1. The molecule has 22 heavy (non-hydrogen) atoms. The average Bonchev–Trinajstić information content (AvgIpc) is 2.87. The van der Waals surface area contributed by atoms with E-state index in [1.165, 1.54) is 0 Å². The van der Waals surface area contributed by atoms with E-state index in [2.05, 4.69) is 10.2 Å². The van der Waals surface area contributed by atoms with E-state index in [1.807, 2.05) is 6.92 Å². The van der Waals surface area contributed by atoms with Crippen molar-refractivity contribution in [3.63, 3.8) is 0 Å². The third kappa shape index (κ3) is 2.98. The van der Waals surface area contributed by atoms with Crippen LogP contribution < -0.4 is 11.1 Å². The number of carbonyl (C=O) groups is 1. The second-order valence-electron chi connectivity index (χ2n) is 5.56. The van der Waals surface area contributed by atoms with Crippen molar-refractivity contribution in [1.82, 2.24) is 14.8 Å².